The van der Waals surface area contributed by atoms with Crippen LogP contribution in [0.5, 0.6) is 0 Å². The summed E-state index contributed by atoms with van der Waals surface area (Å²) >= 11 is 0. The summed E-state index contributed by atoms with van der Waals surface area (Å²) < 4.78 is 1.86. The highest BCUT2D eigenvalue weighted by atomic mass is 15.3. The number of pyridine rings is 2. The summed E-state index contributed by atoms with van der Waals surface area (Å²) in [6, 6.07) is 7.99. The van der Waals surface area contributed by atoms with E-state index in [1.165, 1.54) is 0 Å². The third-order valence-electron chi connectivity index (χ3n) is 3.49. The number of aromatic nitrogens is 4. The molecule has 0 bridgehead atoms. The van der Waals surface area contributed by atoms with Gasteiger partial charge in [0.2, 0.25) is 0 Å². The van der Waals surface area contributed by atoms with Gasteiger partial charge in [0.1, 0.15) is 0 Å². The first kappa shape index (κ1) is 14.4. The highest BCUT2D eigenvalue weighted by molar-refractivity contribution is 5.77. The number of nitrogens with zero attached hydrogens (tertiary/aromatic N) is 4. The van der Waals surface area contributed by atoms with E-state index in [-0.39, 0.29) is 5.41 Å². The van der Waals surface area contributed by atoms with Gasteiger partial charge in [-0.2, -0.15) is 5.10 Å². The lowest BCUT2D eigenvalue weighted by Gasteiger charge is -2.16. The summed E-state index contributed by atoms with van der Waals surface area (Å²) in [5, 5.41) is 5.63. The summed E-state index contributed by atoms with van der Waals surface area (Å²) in [7, 11) is 1.95. The molecule has 4 heteroatoms. The zero-order valence-corrected chi connectivity index (χ0v) is 13.4. The number of hydrogen-bond acceptors (Lipinski definition) is 3. The molecule has 0 spiro atoms. The average molecular weight is 292 g/mol. The molecule has 3 heterocycles. The summed E-state index contributed by atoms with van der Waals surface area (Å²) in [4.78, 5) is 8.86. The van der Waals surface area contributed by atoms with E-state index in [1.807, 2.05) is 48.3 Å². The van der Waals surface area contributed by atoms with Crippen molar-refractivity contribution in [2.75, 3.05) is 0 Å². The predicted octanol–water partition coefficient (Wildman–Crippen LogP) is 3.83. The first-order valence-electron chi connectivity index (χ1n) is 7.37. The Morgan fingerprint density at radius 2 is 1.91 bits per heavy atom. The van der Waals surface area contributed by atoms with E-state index in [4.69, 9.17) is 0 Å². The van der Waals surface area contributed by atoms with E-state index < -0.39 is 0 Å². The van der Waals surface area contributed by atoms with E-state index in [2.05, 4.69) is 41.9 Å². The van der Waals surface area contributed by atoms with Gasteiger partial charge in [-0.1, -0.05) is 20.8 Å². The molecule has 3 aromatic rings. The lowest BCUT2D eigenvalue weighted by atomic mass is 9.89. The fourth-order valence-electron chi connectivity index (χ4n) is 2.45. The molecule has 0 amide bonds. The van der Waals surface area contributed by atoms with Gasteiger partial charge in [-0.05, 0) is 36.4 Å². The average Bonchev–Trinajstić information content (AvgIpc) is 2.86. The Morgan fingerprint density at radius 3 is 2.68 bits per heavy atom. The van der Waals surface area contributed by atoms with Crippen molar-refractivity contribution < 1.29 is 0 Å². The molecule has 22 heavy (non-hydrogen) atoms. The van der Waals surface area contributed by atoms with Crippen LogP contribution in [-0.4, -0.2) is 19.7 Å². The maximum absolute atomic E-state index is 4.58. The van der Waals surface area contributed by atoms with Crippen LogP contribution in [0.2, 0.25) is 0 Å². The molecule has 0 fully saturated rings. The van der Waals surface area contributed by atoms with E-state index in [0.29, 0.717) is 0 Å². The van der Waals surface area contributed by atoms with Crippen LogP contribution in [0.1, 0.15) is 37.7 Å². The second-order valence-corrected chi connectivity index (χ2v) is 6.48. The van der Waals surface area contributed by atoms with Crippen LogP contribution in [0.4, 0.5) is 0 Å². The van der Waals surface area contributed by atoms with Gasteiger partial charge in [0.05, 0.1) is 11.4 Å². The Hall–Kier alpha value is -2.49. The quantitative estimate of drug-likeness (QED) is 0.721. The number of hydrogen-bond donors (Lipinski definition) is 0. The Balaban J connectivity index is 1.96. The van der Waals surface area contributed by atoms with Gasteiger partial charge in [-0.3, -0.25) is 4.68 Å². The van der Waals surface area contributed by atoms with Crippen molar-refractivity contribution in [1.29, 1.82) is 0 Å². The van der Waals surface area contributed by atoms with Crippen molar-refractivity contribution in [2.24, 2.45) is 7.05 Å². The Labute approximate surface area is 130 Å². The normalized spacial score (nSPS) is 12.4. The molecule has 0 radical (unpaired) electrons. The highest BCUT2D eigenvalue weighted by Gasteiger charge is 2.20. The molecule has 0 unspecified atom stereocenters. The molecule has 0 aliphatic heterocycles. The van der Waals surface area contributed by atoms with Crippen LogP contribution < -0.4 is 0 Å². The lowest BCUT2D eigenvalue weighted by Crippen LogP contribution is -2.13. The van der Waals surface area contributed by atoms with Crippen molar-refractivity contribution in [3.63, 3.8) is 0 Å². The van der Waals surface area contributed by atoms with Crippen molar-refractivity contribution in [3.8, 4) is 0 Å². The summed E-state index contributed by atoms with van der Waals surface area (Å²) in [6.07, 6.45) is 7.89. The second-order valence-electron chi connectivity index (χ2n) is 6.48. The van der Waals surface area contributed by atoms with Crippen molar-refractivity contribution in [2.45, 2.75) is 26.2 Å². The Morgan fingerprint density at radius 1 is 1.09 bits per heavy atom. The van der Waals surface area contributed by atoms with Gasteiger partial charge in [0, 0.05) is 35.8 Å². The molecule has 4 nitrogen and oxygen atoms in total. The molecule has 3 aromatic heterocycles. The summed E-state index contributed by atoms with van der Waals surface area (Å²) in [6.45, 7) is 6.51. The molecule has 0 saturated carbocycles. The van der Waals surface area contributed by atoms with Crippen molar-refractivity contribution in [3.05, 3.63) is 53.6 Å². The minimum Gasteiger partial charge on any atom is -0.275 e. The molecule has 0 aliphatic rings. The zero-order valence-electron chi connectivity index (χ0n) is 13.4. The maximum Gasteiger partial charge on any atom is 0.159 e. The van der Waals surface area contributed by atoms with Gasteiger partial charge in [-0.15, -0.1) is 0 Å². The van der Waals surface area contributed by atoms with Crippen LogP contribution >= 0.6 is 0 Å². The molecule has 112 valence electrons. The number of rotatable bonds is 2. The van der Waals surface area contributed by atoms with Crippen LogP contribution in [0.15, 0.2) is 36.7 Å². The molecule has 0 aliphatic carbocycles. The van der Waals surface area contributed by atoms with E-state index in [1.54, 1.807) is 6.20 Å². The third-order valence-corrected chi connectivity index (χ3v) is 3.49. The number of fused-ring (bicyclic) bond motifs is 1. The van der Waals surface area contributed by atoms with Crippen LogP contribution in [0.25, 0.3) is 23.2 Å². The third kappa shape index (κ3) is 2.91. The zero-order chi connectivity index (χ0) is 15.7. The molecular formula is C18H20N4. The minimum absolute atomic E-state index is 0.0132. The van der Waals surface area contributed by atoms with Crippen molar-refractivity contribution in [1.82, 2.24) is 19.7 Å². The SMILES string of the molecule is Cn1cc(/C=C/c2ccc3cccnc3n2)c(C(C)(C)C)n1. The number of aryl methyl sites for hydroxylation is 1. The molecular weight excluding hydrogens is 272 g/mol. The van der Waals surface area contributed by atoms with Gasteiger partial charge in [0.15, 0.2) is 5.65 Å². The van der Waals surface area contributed by atoms with Gasteiger partial charge < -0.3 is 0 Å². The summed E-state index contributed by atoms with van der Waals surface area (Å²) in [5.74, 6) is 0. The molecule has 0 saturated heterocycles. The fraction of sp³-hybridized carbons (Fsp3) is 0.278. The standard InChI is InChI=1S/C18H20N4/c1-18(2,3)16-14(12-22(4)21-16)8-10-15-9-7-13-6-5-11-19-17(13)20-15/h5-12H,1-4H3/b10-8+. The monoisotopic (exact) mass is 292 g/mol. The van der Waals surface area contributed by atoms with Crippen LogP contribution in [0, 0.1) is 0 Å². The second kappa shape index (κ2) is 5.37. The fourth-order valence-corrected chi connectivity index (χ4v) is 2.45. The molecule has 0 N–H and O–H groups in total. The van der Waals surface area contributed by atoms with Crippen LogP contribution in [-0.2, 0) is 12.5 Å². The molecule has 0 atom stereocenters. The Bertz CT molecular complexity index is 838. The van der Waals surface area contributed by atoms with Gasteiger partial charge >= 0.3 is 0 Å². The maximum atomic E-state index is 4.58. The van der Waals surface area contributed by atoms with Gasteiger partial charge in [0.25, 0.3) is 0 Å². The van der Waals surface area contributed by atoms with Gasteiger partial charge in [-0.25, -0.2) is 9.97 Å². The molecule has 0 aromatic carbocycles. The lowest BCUT2D eigenvalue weighted by molar-refractivity contribution is 0.552. The molecule has 3 rings (SSSR count). The van der Waals surface area contributed by atoms with E-state index in [9.17, 15) is 0 Å². The first-order chi connectivity index (χ1) is 10.4. The summed E-state index contributed by atoms with van der Waals surface area (Å²) in [5.41, 5.74) is 3.89. The highest BCUT2D eigenvalue weighted by Crippen LogP contribution is 2.25. The topological polar surface area (TPSA) is 43.6 Å². The first-order valence-corrected chi connectivity index (χ1v) is 7.37. The minimum atomic E-state index is 0.0132. The van der Waals surface area contributed by atoms with E-state index in [0.717, 1.165) is 28.0 Å². The largest absolute Gasteiger partial charge is 0.275 e. The van der Waals surface area contributed by atoms with E-state index >= 15 is 0 Å². The smallest absolute Gasteiger partial charge is 0.159 e. The van der Waals surface area contributed by atoms with Crippen molar-refractivity contribution >= 4 is 23.2 Å². The predicted molar refractivity (Wildman–Crippen MR) is 90.4 cm³/mol. The van der Waals surface area contributed by atoms with Crippen LogP contribution in [0.3, 0.4) is 0 Å². The Kier molecular flexibility index (Phi) is 3.53.